The average molecular weight is 529 g/mol. The zero-order valence-corrected chi connectivity index (χ0v) is 24.4. The SMILES string of the molecule is CCCCCCCCCCCCOCC(COCCCCCCCCCCCC)(CC(=O)O)CC(=O)O. The van der Waals surface area contributed by atoms with E-state index in [9.17, 15) is 19.8 Å². The predicted molar refractivity (Wildman–Crippen MR) is 152 cm³/mol. The van der Waals surface area contributed by atoms with E-state index in [2.05, 4.69) is 13.8 Å². The molecule has 0 spiro atoms. The summed E-state index contributed by atoms with van der Waals surface area (Å²) in [6, 6.07) is 0. The van der Waals surface area contributed by atoms with Gasteiger partial charge >= 0.3 is 11.9 Å². The lowest BCUT2D eigenvalue weighted by Gasteiger charge is -2.30. The first kappa shape index (κ1) is 35.9. The number of hydrogen-bond donors (Lipinski definition) is 2. The summed E-state index contributed by atoms with van der Waals surface area (Å²) in [6.45, 7) is 5.78. The zero-order chi connectivity index (χ0) is 27.5. The van der Waals surface area contributed by atoms with Gasteiger partial charge in [0, 0.05) is 18.6 Å². The van der Waals surface area contributed by atoms with E-state index in [1.165, 1.54) is 103 Å². The largest absolute Gasteiger partial charge is 0.481 e. The molecule has 0 aliphatic carbocycles. The van der Waals surface area contributed by atoms with E-state index >= 15 is 0 Å². The Morgan fingerprint density at radius 3 is 1.03 bits per heavy atom. The Labute approximate surface area is 228 Å². The lowest BCUT2D eigenvalue weighted by atomic mass is 9.82. The maximum Gasteiger partial charge on any atom is 0.304 e. The fourth-order valence-electron chi connectivity index (χ4n) is 4.91. The Bertz CT molecular complexity index is 476. The van der Waals surface area contributed by atoms with Crippen molar-refractivity contribution in [1.29, 1.82) is 0 Å². The molecule has 0 aromatic rings. The van der Waals surface area contributed by atoms with Crippen molar-refractivity contribution in [3.05, 3.63) is 0 Å². The summed E-state index contributed by atoms with van der Waals surface area (Å²) in [5.74, 6) is -2.02. The standard InChI is InChI=1S/C31H60O6/c1-3-5-7-9-11-13-15-17-19-21-23-36-27-31(25-29(32)33,26-30(34)35)28-37-24-22-20-18-16-14-12-10-8-6-4-2/h3-28H2,1-2H3,(H,32,33)(H,34,35). The molecule has 0 aliphatic rings. The van der Waals surface area contributed by atoms with Crippen molar-refractivity contribution in [2.75, 3.05) is 26.4 Å². The number of rotatable bonds is 30. The van der Waals surface area contributed by atoms with Crippen LogP contribution in [0.4, 0.5) is 0 Å². The first-order chi connectivity index (χ1) is 18.0. The molecule has 0 aromatic carbocycles. The van der Waals surface area contributed by atoms with E-state index in [0.29, 0.717) is 13.2 Å². The summed E-state index contributed by atoms with van der Waals surface area (Å²) < 4.78 is 11.6. The summed E-state index contributed by atoms with van der Waals surface area (Å²) in [6.07, 6.45) is 24.3. The number of aliphatic carboxylic acids is 2. The Balaban J connectivity index is 4.13. The quantitative estimate of drug-likeness (QED) is 0.0905. The first-order valence-electron chi connectivity index (χ1n) is 15.5. The summed E-state index contributed by atoms with van der Waals surface area (Å²) in [5, 5.41) is 18.9. The number of unbranched alkanes of at least 4 members (excludes halogenated alkanes) is 18. The molecule has 0 saturated carbocycles. The third kappa shape index (κ3) is 24.9. The molecular weight excluding hydrogens is 468 g/mol. The van der Waals surface area contributed by atoms with Crippen molar-refractivity contribution in [1.82, 2.24) is 0 Å². The normalized spacial score (nSPS) is 11.7. The second-order valence-electron chi connectivity index (χ2n) is 11.1. The van der Waals surface area contributed by atoms with Crippen molar-refractivity contribution in [3.63, 3.8) is 0 Å². The van der Waals surface area contributed by atoms with Crippen LogP contribution in [0.1, 0.15) is 155 Å². The summed E-state index contributed by atoms with van der Waals surface area (Å²) in [4.78, 5) is 23.1. The molecule has 0 heterocycles. The van der Waals surface area contributed by atoms with Gasteiger partial charge in [0.2, 0.25) is 0 Å². The Morgan fingerprint density at radius 2 is 0.757 bits per heavy atom. The molecule has 2 N–H and O–H groups in total. The Morgan fingerprint density at radius 1 is 0.486 bits per heavy atom. The minimum Gasteiger partial charge on any atom is -0.481 e. The van der Waals surface area contributed by atoms with Crippen molar-refractivity contribution < 1.29 is 29.3 Å². The number of carboxylic acid groups (broad SMARTS) is 2. The molecular formula is C31H60O6. The summed E-state index contributed by atoms with van der Waals surface area (Å²) in [7, 11) is 0. The second-order valence-corrected chi connectivity index (χ2v) is 11.1. The smallest absolute Gasteiger partial charge is 0.304 e. The highest BCUT2D eigenvalue weighted by Gasteiger charge is 2.36. The van der Waals surface area contributed by atoms with Gasteiger partial charge in [0.1, 0.15) is 0 Å². The maximum atomic E-state index is 11.5. The molecule has 0 radical (unpaired) electrons. The monoisotopic (exact) mass is 528 g/mol. The Hall–Kier alpha value is -1.14. The average Bonchev–Trinajstić information content (AvgIpc) is 2.84. The summed E-state index contributed by atoms with van der Waals surface area (Å²) in [5.41, 5.74) is -1.02. The van der Waals surface area contributed by atoms with Crippen molar-refractivity contribution in [2.24, 2.45) is 5.41 Å². The van der Waals surface area contributed by atoms with Crippen LogP contribution in [-0.4, -0.2) is 48.6 Å². The molecule has 0 aromatic heterocycles. The van der Waals surface area contributed by atoms with Gasteiger partial charge in [-0.15, -0.1) is 0 Å². The van der Waals surface area contributed by atoms with Crippen molar-refractivity contribution in [2.45, 2.75) is 155 Å². The van der Waals surface area contributed by atoms with Crippen LogP contribution < -0.4 is 0 Å². The van der Waals surface area contributed by atoms with Crippen LogP contribution in [0.2, 0.25) is 0 Å². The lowest BCUT2D eigenvalue weighted by molar-refractivity contribution is -0.149. The number of carboxylic acids is 2. The first-order valence-corrected chi connectivity index (χ1v) is 15.5. The lowest BCUT2D eigenvalue weighted by Crippen LogP contribution is -2.37. The molecule has 0 bridgehead atoms. The van der Waals surface area contributed by atoms with Crippen LogP contribution in [-0.2, 0) is 19.1 Å². The van der Waals surface area contributed by atoms with Crippen LogP contribution in [0.15, 0.2) is 0 Å². The fraction of sp³-hybridized carbons (Fsp3) is 0.935. The topological polar surface area (TPSA) is 93.1 Å². The highest BCUT2D eigenvalue weighted by atomic mass is 16.5. The molecule has 0 amide bonds. The number of carbonyl (C=O) groups is 2. The van der Waals surface area contributed by atoms with Crippen molar-refractivity contribution in [3.8, 4) is 0 Å². The van der Waals surface area contributed by atoms with Gasteiger partial charge in [0.25, 0.3) is 0 Å². The van der Waals surface area contributed by atoms with Gasteiger partial charge < -0.3 is 19.7 Å². The molecule has 0 saturated heterocycles. The zero-order valence-electron chi connectivity index (χ0n) is 24.4. The molecule has 0 atom stereocenters. The van der Waals surface area contributed by atoms with E-state index in [1.807, 2.05) is 0 Å². The molecule has 6 heteroatoms. The molecule has 220 valence electrons. The van der Waals surface area contributed by atoms with Gasteiger partial charge in [-0.3, -0.25) is 9.59 Å². The van der Waals surface area contributed by atoms with Gasteiger partial charge in [0.05, 0.1) is 26.1 Å². The second kappa shape index (κ2) is 26.5. The maximum absolute atomic E-state index is 11.5. The van der Waals surface area contributed by atoms with E-state index in [4.69, 9.17) is 9.47 Å². The molecule has 0 rings (SSSR count). The van der Waals surface area contributed by atoms with Gasteiger partial charge in [-0.2, -0.15) is 0 Å². The third-order valence-corrected chi connectivity index (χ3v) is 7.15. The van der Waals surface area contributed by atoms with Gasteiger partial charge in [-0.25, -0.2) is 0 Å². The van der Waals surface area contributed by atoms with Crippen LogP contribution in [0.5, 0.6) is 0 Å². The minimum atomic E-state index is -1.02. The van der Waals surface area contributed by atoms with Crippen LogP contribution in [0, 0.1) is 5.41 Å². The van der Waals surface area contributed by atoms with Gasteiger partial charge in [0.15, 0.2) is 0 Å². The highest BCUT2D eigenvalue weighted by Crippen LogP contribution is 2.29. The molecule has 0 aliphatic heterocycles. The minimum absolute atomic E-state index is 0.112. The van der Waals surface area contributed by atoms with E-state index < -0.39 is 17.4 Å². The van der Waals surface area contributed by atoms with Gasteiger partial charge in [-0.1, -0.05) is 129 Å². The Kier molecular flexibility index (Phi) is 25.7. The van der Waals surface area contributed by atoms with E-state index in [-0.39, 0.29) is 26.1 Å². The molecule has 0 fully saturated rings. The summed E-state index contributed by atoms with van der Waals surface area (Å²) >= 11 is 0. The van der Waals surface area contributed by atoms with E-state index in [0.717, 1.165) is 25.7 Å². The molecule has 0 unspecified atom stereocenters. The van der Waals surface area contributed by atoms with Crippen molar-refractivity contribution >= 4 is 11.9 Å². The number of hydrogen-bond acceptors (Lipinski definition) is 4. The third-order valence-electron chi connectivity index (χ3n) is 7.15. The van der Waals surface area contributed by atoms with Gasteiger partial charge in [-0.05, 0) is 12.8 Å². The predicted octanol–water partition coefficient (Wildman–Crippen LogP) is 8.80. The molecule has 37 heavy (non-hydrogen) atoms. The van der Waals surface area contributed by atoms with E-state index in [1.54, 1.807) is 0 Å². The highest BCUT2D eigenvalue weighted by molar-refractivity contribution is 5.72. The van der Waals surface area contributed by atoms with Crippen LogP contribution in [0.3, 0.4) is 0 Å². The molecule has 6 nitrogen and oxygen atoms in total. The van der Waals surface area contributed by atoms with Crippen LogP contribution >= 0.6 is 0 Å². The number of ether oxygens (including phenoxy) is 2. The fourth-order valence-corrected chi connectivity index (χ4v) is 4.91. The van der Waals surface area contributed by atoms with Crippen LogP contribution in [0.25, 0.3) is 0 Å².